The molecule has 1 saturated carbocycles. The van der Waals surface area contributed by atoms with Crippen LogP contribution in [0.5, 0.6) is 0 Å². The number of nitrogens with zero attached hydrogens (tertiary/aromatic N) is 5. The highest BCUT2D eigenvalue weighted by atomic mass is 32.2. The van der Waals surface area contributed by atoms with Crippen LogP contribution in [-0.2, 0) is 23.6 Å². The molecule has 7 heteroatoms. The second kappa shape index (κ2) is 10.5. The van der Waals surface area contributed by atoms with Crippen molar-refractivity contribution < 1.29 is 4.74 Å². The van der Waals surface area contributed by atoms with Crippen LogP contribution in [0.1, 0.15) is 56.5 Å². The van der Waals surface area contributed by atoms with Crippen LogP contribution in [-0.4, -0.2) is 51.0 Å². The highest BCUT2D eigenvalue weighted by Gasteiger charge is 2.23. The SMILES string of the molecule is CN(Cc1nnc(SCc2ccccn2)n1CC1CCCO1)CC1CCCCC1. The Bertz CT molecular complexity index is 741. The predicted molar refractivity (Wildman–Crippen MR) is 116 cm³/mol. The summed E-state index contributed by atoms with van der Waals surface area (Å²) in [5.74, 6) is 2.70. The lowest BCUT2D eigenvalue weighted by atomic mass is 9.89. The number of hydrogen-bond acceptors (Lipinski definition) is 6. The summed E-state index contributed by atoms with van der Waals surface area (Å²) in [5, 5.41) is 10.1. The number of ether oxygens (including phenoxy) is 1. The highest BCUT2D eigenvalue weighted by Crippen LogP contribution is 2.26. The van der Waals surface area contributed by atoms with Crippen LogP contribution in [0.25, 0.3) is 0 Å². The number of rotatable bonds is 9. The Kier molecular flexibility index (Phi) is 7.57. The first-order chi connectivity index (χ1) is 14.3. The van der Waals surface area contributed by atoms with Crippen LogP contribution in [0.15, 0.2) is 29.6 Å². The zero-order valence-electron chi connectivity index (χ0n) is 17.5. The molecule has 0 radical (unpaired) electrons. The third-order valence-electron chi connectivity index (χ3n) is 5.98. The molecule has 0 bridgehead atoms. The second-order valence-corrected chi connectivity index (χ2v) is 9.40. The van der Waals surface area contributed by atoms with E-state index in [1.807, 2.05) is 18.3 Å². The predicted octanol–water partition coefficient (Wildman–Crippen LogP) is 4.16. The summed E-state index contributed by atoms with van der Waals surface area (Å²) in [6.07, 6.45) is 11.3. The van der Waals surface area contributed by atoms with Crippen LogP contribution >= 0.6 is 11.8 Å². The maximum Gasteiger partial charge on any atom is 0.191 e. The van der Waals surface area contributed by atoms with Gasteiger partial charge in [-0.2, -0.15) is 0 Å². The summed E-state index contributed by atoms with van der Waals surface area (Å²) in [5.41, 5.74) is 1.07. The molecule has 0 spiro atoms. The van der Waals surface area contributed by atoms with Crippen molar-refractivity contribution in [3.8, 4) is 0 Å². The van der Waals surface area contributed by atoms with Crippen molar-refractivity contribution in [2.45, 2.75) is 75.0 Å². The summed E-state index contributed by atoms with van der Waals surface area (Å²) in [6, 6.07) is 6.05. The molecule has 1 aliphatic carbocycles. The van der Waals surface area contributed by atoms with Crippen molar-refractivity contribution in [1.82, 2.24) is 24.6 Å². The van der Waals surface area contributed by atoms with E-state index in [9.17, 15) is 0 Å². The summed E-state index contributed by atoms with van der Waals surface area (Å²) >= 11 is 1.72. The van der Waals surface area contributed by atoms with Gasteiger partial charge in [0.25, 0.3) is 0 Å². The van der Waals surface area contributed by atoms with Crippen molar-refractivity contribution in [3.63, 3.8) is 0 Å². The van der Waals surface area contributed by atoms with Crippen LogP contribution in [0.3, 0.4) is 0 Å². The fourth-order valence-electron chi connectivity index (χ4n) is 4.46. The van der Waals surface area contributed by atoms with Gasteiger partial charge in [0.1, 0.15) is 5.82 Å². The van der Waals surface area contributed by atoms with Gasteiger partial charge in [-0.3, -0.25) is 9.88 Å². The van der Waals surface area contributed by atoms with E-state index in [4.69, 9.17) is 4.74 Å². The van der Waals surface area contributed by atoms with Crippen molar-refractivity contribution in [1.29, 1.82) is 0 Å². The number of hydrogen-bond donors (Lipinski definition) is 0. The fraction of sp³-hybridized carbons (Fsp3) is 0.682. The Morgan fingerprint density at radius 3 is 2.79 bits per heavy atom. The Morgan fingerprint density at radius 1 is 1.14 bits per heavy atom. The molecule has 1 aliphatic heterocycles. The Morgan fingerprint density at radius 2 is 2.03 bits per heavy atom. The van der Waals surface area contributed by atoms with Crippen LogP contribution in [0.4, 0.5) is 0 Å². The number of thioether (sulfide) groups is 1. The smallest absolute Gasteiger partial charge is 0.191 e. The molecule has 0 amide bonds. The van der Waals surface area contributed by atoms with Crippen molar-refractivity contribution >= 4 is 11.8 Å². The standard InChI is InChI=1S/C22H33N5OS/c1-26(14-18-8-3-2-4-9-18)16-21-24-25-22(27(21)15-20-11-7-13-28-20)29-17-19-10-5-6-12-23-19/h5-6,10,12,18,20H,2-4,7-9,11,13-17H2,1H3. The number of pyridine rings is 1. The summed E-state index contributed by atoms with van der Waals surface area (Å²) in [7, 11) is 2.22. The van der Waals surface area contributed by atoms with Gasteiger partial charge < -0.3 is 9.30 Å². The first-order valence-corrected chi connectivity index (χ1v) is 12.0. The van der Waals surface area contributed by atoms with E-state index >= 15 is 0 Å². The molecule has 1 atom stereocenters. The molecule has 29 heavy (non-hydrogen) atoms. The molecule has 6 nitrogen and oxygen atoms in total. The molecule has 3 heterocycles. The van der Waals surface area contributed by atoms with E-state index in [2.05, 4.69) is 37.8 Å². The van der Waals surface area contributed by atoms with Gasteiger partial charge in [0, 0.05) is 25.1 Å². The zero-order chi connectivity index (χ0) is 19.9. The topological polar surface area (TPSA) is 56.1 Å². The first-order valence-electron chi connectivity index (χ1n) is 11.0. The molecular weight excluding hydrogens is 382 g/mol. The lowest BCUT2D eigenvalue weighted by molar-refractivity contribution is 0.0932. The lowest BCUT2D eigenvalue weighted by Crippen LogP contribution is -2.28. The van der Waals surface area contributed by atoms with Gasteiger partial charge in [-0.1, -0.05) is 37.1 Å². The average molecular weight is 416 g/mol. The van der Waals surface area contributed by atoms with Crippen molar-refractivity contribution in [2.24, 2.45) is 5.92 Å². The van der Waals surface area contributed by atoms with Crippen molar-refractivity contribution in [3.05, 3.63) is 35.9 Å². The molecule has 2 aliphatic rings. The summed E-state index contributed by atoms with van der Waals surface area (Å²) in [4.78, 5) is 6.87. The van der Waals surface area contributed by atoms with Crippen molar-refractivity contribution in [2.75, 3.05) is 20.2 Å². The van der Waals surface area contributed by atoms with Gasteiger partial charge in [0.2, 0.25) is 0 Å². The van der Waals surface area contributed by atoms with Crippen LogP contribution in [0, 0.1) is 5.92 Å². The zero-order valence-corrected chi connectivity index (χ0v) is 18.3. The third-order valence-corrected chi connectivity index (χ3v) is 6.99. The molecule has 4 rings (SSSR count). The van der Waals surface area contributed by atoms with E-state index in [1.54, 1.807) is 11.8 Å². The van der Waals surface area contributed by atoms with Crippen LogP contribution < -0.4 is 0 Å². The second-order valence-electron chi connectivity index (χ2n) is 8.45. The molecule has 0 aromatic carbocycles. The van der Waals surface area contributed by atoms with E-state index < -0.39 is 0 Å². The minimum absolute atomic E-state index is 0.280. The maximum absolute atomic E-state index is 5.91. The quantitative estimate of drug-likeness (QED) is 0.573. The first kappa shape index (κ1) is 20.8. The van der Waals surface area contributed by atoms with E-state index in [0.29, 0.717) is 0 Å². The monoisotopic (exact) mass is 415 g/mol. The number of aromatic nitrogens is 4. The molecule has 158 valence electrons. The third kappa shape index (κ3) is 6.03. The summed E-state index contributed by atoms with van der Waals surface area (Å²) in [6.45, 7) is 3.73. The van der Waals surface area contributed by atoms with Gasteiger partial charge in [0.15, 0.2) is 5.16 Å². The Balaban J connectivity index is 1.42. The Hall–Kier alpha value is -1.44. The van der Waals surface area contributed by atoms with E-state index in [-0.39, 0.29) is 6.10 Å². The molecular formula is C22H33N5OS. The van der Waals surface area contributed by atoms with Crippen LogP contribution in [0.2, 0.25) is 0 Å². The van der Waals surface area contributed by atoms with Gasteiger partial charge in [-0.05, 0) is 50.8 Å². The van der Waals surface area contributed by atoms with Gasteiger partial charge in [-0.15, -0.1) is 10.2 Å². The molecule has 2 fully saturated rings. The van der Waals surface area contributed by atoms with Gasteiger partial charge in [0.05, 0.1) is 24.9 Å². The van der Waals surface area contributed by atoms with E-state index in [0.717, 1.165) is 67.4 Å². The molecule has 1 saturated heterocycles. The average Bonchev–Trinajstić information content (AvgIpc) is 3.39. The fourth-order valence-corrected chi connectivity index (χ4v) is 5.34. The molecule has 1 unspecified atom stereocenters. The largest absolute Gasteiger partial charge is 0.376 e. The minimum atomic E-state index is 0.280. The Labute approximate surface area is 178 Å². The van der Waals surface area contributed by atoms with E-state index in [1.165, 1.54) is 32.1 Å². The minimum Gasteiger partial charge on any atom is -0.376 e. The lowest BCUT2D eigenvalue weighted by Gasteiger charge is -2.27. The molecule has 0 N–H and O–H groups in total. The molecule has 2 aromatic rings. The molecule has 2 aromatic heterocycles. The van der Waals surface area contributed by atoms with Gasteiger partial charge in [-0.25, -0.2) is 0 Å². The summed E-state index contributed by atoms with van der Waals surface area (Å²) < 4.78 is 8.21. The van der Waals surface area contributed by atoms with Gasteiger partial charge >= 0.3 is 0 Å². The normalized spacial score (nSPS) is 20.6. The maximum atomic E-state index is 5.91. The highest BCUT2D eigenvalue weighted by molar-refractivity contribution is 7.98.